The summed E-state index contributed by atoms with van der Waals surface area (Å²) in [5, 5.41) is 1.88. The summed E-state index contributed by atoms with van der Waals surface area (Å²) in [5.41, 5.74) is 0.878. The molecule has 3 nitrogen and oxygen atoms in total. The summed E-state index contributed by atoms with van der Waals surface area (Å²) in [5.74, 6) is 1.28. The monoisotopic (exact) mass is 352 g/mol. The van der Waals surface area contributed by atoms with Crippen LogP contribution in [0.2, 0.25) is 0 Å². The smallest absolute Gasteiger partial charge is 0.196 e. The molecule has 1 aromatic carbocycles. The van der Waals surface area contributed by atoms with Crippen molar-refractivity contribution >= 4 is 39.1 Å². The first-order valence-electron chi connectivity index (χ1n) is 5.83. The lowest BCUT2D eigenvalue weighted by Crippen LogP contribution is -1.92. The second kappa shape index (κ2) is 6.72. The van der Waals surface area contributed by atoms with E-state index in [1.807, 2.05) is 29.6 Å². The molecule has 0 amide bonds. The van der Waals surface area contributed by atoms with Crippen molar-refractivity contribution in [3.05, 3.63) is 50.6 Å². The van der Waals surface area contributed by atoms with Gasteiger partial charge in [0, 0.05) is 4.47 Å². The first kappa shape index (κ1) is 14.8. The number of thiophene rings is 1. The lowest BCUT2D eigenvalue weighted by Gasteiger charge is -2.07. The maximum atomic E-state index is 12.0. The average molecular weight is 353 g/mol. The second-order valence-electron chi connectivity index (χ2n) is 3.91. The zero-order valence-corrected chi connectivity index (χ0v) is 13.5. The number of carbonyl (C=O) groups is 1. The van der Waals surface area contributed by atoms with Crippen LogP contribution in [0.25, 0.3) is 6.08 Å². The van der Waals surface area contributed by atoms with Crippen LogP contribution in [0.4, 0.5) is 0 Å². The van der Waals surface area contributed by atoms with Crippen molar-refractivity contribution in [3.63, 3.8) is 0 Å². The van der Waals surface area contributed by atoms with Gasteiger partial charge in [-0.05, 0) is 51.1 Å². The normalized spacial score (nSPS) is 10.8. The van der Waals surface area contributed by atoms with E-state index in [4.69, 9.17) is 9.47 Å². The predicted octanol–water partition coefficient (Wildman–Crippen LogP) is 4.42. The van der Waals surface area contributed by atoms with Crippen molar-refractivity contribution in [2.75, 3.05) is 14.2 Å². The van der Waals surface area contributed by atoms with Gasteiger partial charge >= 0.3 is 0 Å². The molecule has 20 heavy (non-hydrogen) atoms. The fraction of sp³-hybridized carbons (Fsp3) is 0.133. The third-order valence-corrected chi connectivity index (χ3v) is 4.53. The maximum Gasteiger partial charge on any atom is 0.196 e. The molecule has 0 aliphatic heterocycles. The number of ketones is 1. The Kier molecular flexibility index (Phi) is 4.98. The third kappa shape index (κ3) is 3.29. The van der Waals surface area contributed by atoms with Gasteiger partial charge in [-0.25, -0.2) is 0 Å². The van der Waals surface area contributed by atoms with Crippen LogP contribution in [0.1, 0.15) is 15.2 Å². The number of benzene rings is 1. The SMILES string of the molecule is COc1ccc(C=CC(=O)c2sccc2Br)cc1OC. The van der Waals surface area contributed by atoms with Gasteiger partial charge in [0.15, 0.2) is 17.3 Å². The molecule has 0 N–H and O–H groups in total. The average Bonchev–Trinajstić information content (AvgIpc) is 2.90. The van der Waals surface area contributed by atoms with Gasteiger partial charge in [0.2, 0.25) is 0 Å². The second-order valence-corrected chi connectivity index (χ2v) is 5.68. The molecule has 0 aliphatic carbocycles. The van der Waals surface area contributed by atoms with E-state index in [9.17, 15) is 4.79 Å². The Labute approximate surface area is 130 Å². The topological polar surface area (TPSA) is 35.5 Å². The van der Waals surface area contributed by atoms with Crippen molar-refractivity contribution in [2.24, 2.45) is 0 Å². The van der Waals surface area contributed by atoms with Crippen molar-refractivity contribution in [2.45, 2.75) is 0 Å². The van der Waals surface area contributed by atoms with Gasteiger partial charge in [-0.15, -0.1) is 11.3 Å². The maximum absolute atomic E-state index is 12.0. The van der Waals surface area contributed by atoms with Gasteiger partial charge in [0.1, 0.15) is 0 Å². The molecule has 0 unspecified atom stereocenters. The Hall–Kier alpha value is -1.59. The first-order chi connectivity index (χ1) is 9.65. The minimum absolute atomic E-state index is 0.0262. The molecule has 0 spiro atoms. The van der Waals surface area contributed by atoms with Crippen LogP contribution in [0.5, 0.6) is 11.5 Å². The zero-order chi connectivity index (χ0) is 14.5. The molecule has 1 heterocycles. The van der Waals surface area contributed by atoms with Crippen LogP contribution in [0.15, 0.2) is 40.2 Å². The minimum Gasteiger partial charge on any atom is -0.493 e. The molecule has 5 heteroatoms. The lowest BCUT2D eigenvalue weighted by molar-refractivity contribution is 0.105. The fourth-order valence-corrected chi connectivity index (χ4v) is 3.16. The van der Waals surface area contributed by atoms with Crippen LogP contribution in [-0.4, -0.2) is 20.0 Å². The molecular weight excluding hydrogens is 340 g/mol. The molecule has 2 aromatic rings. The van der Waals surface area contributed by atoms with E-state index in [-0.39, 0.29) is 5.78 Å². The summed E-state index contributed by atoms with van der Waals surface area (Å²) in [6.07, 6.45) is 3.31. The molecule has 0 saturated carbocycles. The van der Waals surface area contributed by atoms with Gasteiger partial charge in [-0.2, -0.15) is 0 Å². The van der Waals surface area contributed by atoms with Gasteiger partial charge < -0.3 is 9.47 Å². The standard InChI is InChI=1S/C15H13BrO3S/c1-18-13-6-4-10(9-14(13)19-2)3-5-12(17)15-11(16)7-8-20-15/h3-9H,1-2H3. The number of hydrogen-bond acceptors (Lipinski definition) is 4. The Balaban J connectivity index is 2.19. The number of halogens is 1. The summed E-state index contributed by atoms with van der Waals surface area (Å²) in [4.78, 5) is 12.7. The summed E-state index contributed by atoms with van der Waals surface area (Å²) >= 11 is 4.77. The molecule has 0 atom stereocenters. The van der Waals surface area contributed by atoms with Crippen LogP contribution >= 0.6 is 27.3 Å². The molecule has 1 aromatic heterocycles. The molecule has 0 bridgehead atoms. The van der Waals surface area contributed by atoms with Crippen molar-refractivity contribution in [3.8, 4) is 11.5 Å². The van der Waals surface area contributed by atoms with E-state index in [1.54, 1.807) is 26.4 Å². The molecule has 0 aliphatic rings. The van der Waals surface area contributed by atoms with E-state index >= 15 is 0 Å². The first-order valence-corrected chi connectivity index (χ1v) is 7.50. The summed E-state index contributed by atoms with van der Waals surface area (Å²) in [7, 11) is 3.17. The van der Waals surface area contributed by atoms with Crippen LogP contribution in [0.3, 0.4) is 0 Å². The van der Waals surface area contributed by atoms with Gasteiger partial charge in [-0.1, -0.05) is 12.1 Å². The highest BCUT2D eigenvalue weighted by Crippen LogP contribution is 2.28. The Morgan fingerprint density at radius 1 is 1.20 bits per heavy atom. The minimum atomic E-state index is -0.0262. The van der Waals surface area contributed by atoms with Gasteiger partial charge in [-0.3, -0.25) is 4.79 Å². The van der Waals surface area contributed by atoms with Crippen LogP contribution < -0.4 is 9.47 Å². The quantitative estimate of drug-likeness (QED) is 0.590. The summed E-state index contributed by atoms with van der Waals surface area (Å²) in [6.45, 7) is 0. The number of allylic oxidation sites excluding steroid dienone is 1. The van der Waals surface area contributed by atoms with Crippen LogP contribution in [0, 0.1) is 0 Å². The molecule has 0 fully saturated rings. The highest BCUT2D eigenvalue weighted by Gasteiger charge is 2.08. The number of rotatable bonds is 5. The summed E-state index contributed by atoms with van der Waals surface area (Å²) < 4.78 is 11.2. The van der Waals surface area contributed by atoms with Gasteiger partial charge in [0.05, 0.1) is 19.1 Å². The summed E-state index contributed by atoms with van der Waals surface area (Å²) in [6, 6.07) is 7.37. The van der Waals surface area contributed by atoms with Crippen molar-refractivity contribution in [1.29, 1.82) is 0 Å². The van der Waals surface area contributed by atoms with E-state index in [2.05, 4.69) is 15.9 Å². The lowest BCUT2D eigenvalue weighted by atomic mass is 10.1. The number of hydrogen-bond donors (Lipinski definition) is 0. The highest BCUT2D eigenvalue weighted by atomic mass is 79.9. The number of methoxy groups -OCH3 is 2. The van der Waals surface area contributed by atoms with E-state index in [0.717, 1.165) is 10.0 Å². The largest absolute Gasteiger partial charge is 0.493 e. The number of carbonyl (C=O) groups excluding carboxylic acids is 1. The van der Waals surface area contributed by atoms with Crippen LogP contribution in [-0.2, 0) is 0 Å². The Morgan fingerprint density at radius 2 is 1.95 bits per heavy atom. The molecule has 104 valence electrons. The predicted molar refractivity (Wildman–Crippen MR) is 84.9 cm³/mol. The van der Waals surface area contributed by atoms with Crippen molar-refractivity contribution in [1.82, 2.24) is 0 Å². The molecule has 0 saturated heterocycles. The fourth-order valence-electron chi connectivity index (χ4n) is 1.67. The third-order valence-electron chi connectivity index (χ3n) is 2.68. The van der Waals surface area contributed by atoms with E-state index < -0.39 is 0 Å². The molecule has 0 radical (unpaired) electrons. The van der Waals surface area contributed by atoms with Crippen molar-refractivity contribution < 1.29 is 14.3 Å². The van der Waals surface area contributed by atoms with E-state index in [1.165, 1.54) is 11.3 Å². The van der Waals surface area contributed by atoms with E-state index in [0.29, 0.717) is 16.4 Å². The molecular formula is C15H13BrO3S. The highest BCUT2D eigenvalue weighted by molar-refractivity contribution is 9.10. The Bertz CT molecular complexity index is 646. The number of ether oxygens (including phenoxy) is 2. The Morgan fingerprint density at radius 3 is 2.55 bits per heavy atom. The zero-order valence-electron chi connectivity index (χ0n) is 11.1. The molecule has 2 rings (SSSR count). The van der Waals surface area contributed by atoms with Gasteiger partial charge in [0.25, 0.3) is 0 Å².